The van der Waals surface area contributed by atoms with Crippen molar-refractivity contribution in [3.05, 3.63) is 52.0 Å². The summed E-state index contributed by atoms with van der Waals surface area (Å²) in [6, 6.07) is 10.4. The largest absolute Gasteiger partial charge is 0.495 e. The third-order valence-electron chi connectivity index (χ3n) is 6.56. The van der Waals surface area contributed by atoms with Crippen LogP contribution in [0.5, 0.6) is 5.75 Å². The van der Waals surface area contributed by atoms with E-state index in [1.165, 1.54) is 16.0 Å². The highest BCUT2D eigenvalue weighted by molar-refractivity contribution is 9.10. The van der Waals surface area contributed by atoms with E-state index < -0.39 is 6.04 Å². The first-order valence-corrected chi connectivity index (χ1v) is 12.2. The number of carbonyl (C=O) groups excluding carboxylic acids is 2. The van der Waals surface area contributed by atoms with E-state index in [2.05, 4.69) is 38.5 Å². The molecule has 2 atom stereocenters. The highest BCUT2D eigenvalue weighted by atomic mass is 79.9. The number of hydrogen-bond donors (Lipinski definition) is 2. The lowest BCUT2D eigenvalue weighted by Crippen LogP contribution is -2.45. The normalized spacial score (nSPS) is 20.4. The standard InChI is InChI=1S/C25H31BrN4O4/c1-29-10-8-16-12-21(23(34-3)13-17(16)9-11-29)28-24(31)22-14-20(33-2)15-30(22)25(32)27-19-6-4-18(26)5-7-19/h4-7,12-13,20,22H,8-11,14-15H2,1-3H3,(H,27,32)(H,28,31)/t20-,22-/m1/s1. The van der Waals surface area contributed by atoms with Gasteiger partial charge in [0.1, 0.15) is 11.8 Å². The SMILES string of the molecule is COc1cc2c(cc1NC(=O)[C@H]1C[C@@H](OC)CN1C(=O)Nc1ccc(Br)cc1)CCN(C)CC2. The monoisotopic (exact) mass is 530 g/mol. The van der Waals surface area contributed by atoms with Crippen molar-refractivity contribution in [3.8, 4) is 5.75 Å². The van der Waals surface area contributed by atoms with Crippen LogP contribution in [0, 0.1) is 0 Å². The minimum absolute atomic E-state index is 0.212. The molecule has 2 N–H and O–H groups in total. The number of anilines is 2. The van der Waals surface area contributed by atoms with Gasteiger partial charge in [0.2, 0.25) is 5.91 Å². The Morgan fingerprint density at radius 1 is 1.03 bits per heavy atom. The van der Waals surface area contributed by atoms with Gasteiger partial charge in [-0.3, -0.25) is 4.79 Å². The Kier molecular flexibility index (Phi) is 7.75. The summed E-state index contributed by atoms with van der Waals surface area (Å²) in [7, 11) is 5.32. The molecule has 9 heteroatoms. The first-order chi connectivity index (χ1) is 16.4. The average Bonchev–Trinajstić information content (AvgIpc) is 3.20. The van der Waals surface area contributed by atoms with E-state index in [0.29, 0.717) is 30.1 Å². The number of ether oxygens (including phenoxy) is 2. The molecule has 1 saturated heterocycles. The number of urea groups is 1. The van der Waals surface area contributed by atoms with E-state index in [1.54, 1.807) is 26.4 Å². The van der Waals surface area contributed by atoms with Crippen LogP contribution >= 0.6 is 15.9 Å². The molecule has 2 heterocycles. The molecule has 0 spiro atoms. The Balaban J connectivity index is 1.52. The summed E-state index contributed by atoms with van der Waals surface area (Å²) in [5.41, 5.74) is 3.75. The molecule has 3 amide bonds. The number of methoxy groups -OCH3 is 2. The quantitative estimate of drug-likeness (QED) is 0.615. The Hall–Kier alpha value is -2.62. The van der Waals surface area contributed by atoms with Gasteiger partial charge in [0, 0.05) is 43.3 Å². The molecule has 0 radical (unpaired) electrons. The molecule has 2 aromatic rings. The van der Waals surface area contributed by atoms with Gasteiger partial charge in [-0.1, -0.05) is 15.9 Å². The van der Waals surface area contributed by atoms with Gasteiger partial charge in [-0.2, -0.15) is 0 Å². The zero-order chi connectivity index (χ0) is 24.2. The molecular formula is C25H31BrN4O4. The molecule has 1 fully saturated rings. The molecule has 182 valence electrons. The van der Waals surface area contributed by atoms with Gasteiger partial charge < -0.3 is 29.9 Å². The smallest absolute Gasteiger partial charge is 0.322 e. The Morgan fingerprint density at radius 2 is 1.71 bits per heavy atom. The van der Waals surface area contributed by atoms with Crippen LogP contribution in [0.4, 0.5) is 16.2 Å². The molecule has 34 heavy (non-hydrogen) atoms. The number of carbonyl (C=O) groups is 2. The predicted molar refractivity (Wildman–Crippen MR) is 136 cm³/mol. The van der Waals surface area contributed by atoms with E-state index >= 15 is 0 Å². The Bertz CT molecular complexity index is 1050. The summed E-state index contributed by atoms with van der Waals surface area (Å²) in [4.78, 5) is 30.3. The van der Waals surface area contributed by atoms with Crippen molar-refractivity contribution in [1.29, 1.82) is 0 Å². The van der Waals surface area contributed by atoms with Crippen LogP contribution in [0.3, 0.4) is 0 Å². The van der Waals surface area contributed by atoms with E-state index in [0.717, 1.165) is 30.4 Å². The maximum absolute atomic E-state index is 13.4. The minimum atomic E-state index is -0.657. The molecule has 0 aliphatic carbocycles. The highest BCUT2D eigenvalue weighted by Crippen LogP contribution is 2.32. The third-order valence-corrected chi connectivity index (χ3v) is 7.09. The summed E-state index contributed by atoms with van der Waals surface area (Å²) in [5, 5.41) is 5.91. The first-order valence-electron chi connectivity index (χ1n) is 11.4. The summed E-state index contributed by atoms with van der Waals surface area (Å²) < 4.78 is 12.0. The fourth-order valence-corrected chi connectivity index (χ4v) is 4.78. The zero-order valence-electron chi connectivity index (χ0n) is 19.8. The number of likely N-dealkylation sites (N-methyl/N-ethyl adjacent to an activating group) is 1. The Labute approximate surface area is 208 Å². The molecule has 0 bridgehead atoms. The van der Waals surface area contributed by atoms with Crippen LogP contribution in [0.25, 0.3) is 0 Å². The van der Waals surface area contributed by atoms with Crippen molar-refractivity contribution >= 4 is 39.2 Å². The lowest BCUT2D eigenvalue weighted by atomic mass is 10.0. The minimum Gasteiger partial charge on any atom is -0.495 e. The summed E-state index contributed by atoms with van der Waals surface area (Å²) in [5.74, 6) is 0.373. The molecule has 2 aliphatic rings. The molecular weight excluding hydrogens is 500 g/mol. The topological polar surface area (TPSA) is 83.1 Å². The number of nitrogens with one attached hydrogen (secondary N) is 2. The fraction of sp³-hybridized carbons (Fsp3) is 0.440. The van der Waals surface area contributed by atoms with Crippen LogP contribution in [0.2, 0.25) is 0 Å². The number of benzene rings is 2. The van der Waals surface area contributed by atoms with Crippen molar-refractivity contribution in [2.75, 3.05) is 51.5 Å². The number of halogens is 1. The van der Waals surface area contributed by atoms with Crippen molar-refractivity contribution in [1.82, 2.24) is 9.80 Å². The number of rotatable bonds is 5. The third kappa shape index (κ3) is 5.54. The lowest BCUT2D eigenvalue weighted by Gasteiger charge is -2.24. The van der Waals surface area contributed by atoms with E-state index in [4.69, 9.17) is 9.47 Å². The predicted octanol–water partition coefficient (Wildman–Crippen LogP) is 3.75. The van der Waals surface area contributed by atoms with E-state index in [1.807, 2.05) is 24.3 Å². The van der Waals surface area contributed by atoms with E-state index in [9.17, 15) is 9.59 Å². The molecule has 2 aromatic carbocycles. The maximum Gasteiger partial charge on any atom is 0.322 e. The molecule has 0 aromatic heterocycles. The van der Waals surface area contributed by atoms with Gasteiger partial charge in [-0.15, -0.1) is 0 Å². The fourth-order valence-electron chi connectivity index (χ4n) is 4.52. The van der Waals surface area contributed by atoms with Crippen LogP contribution < -0.4 is 15.4 Å². The molecule has 2 aliphatic heterocycles. The number of amides is 3. The molecule has 8 nitrogen and oxygen atoms in total. The van der Waals surface area contributed by atoms with Crippen molar-refractivity contribution in [3.63, 3.8) is 0 Å². The van der Waals surface area contributed by atoms with Crippen LogP contribution in [0.15, 0.2) is 40.9 Å². The second-order valence-electron chi connectivity index (χ2n) is 8.81. The molecule has 4 rings (SSSR count). The average molecular weight is 531 g/mol. The van der Waals surface area contributed by atoms with Crippen molar-refractivity contribution in [2.45, 2.75) is 31.4 Å². The number of fused-ring (bicyclic) bond motifs is 1. The van der Waals surface area contributed by atoms with Gasteiger partial charge in [0.25, 0.3) is 0 Å². The number of likely N-dealkylation sites (tertiary alicyclic amines) is 1. The first kappa shape index (κ1) is 24.5. The van der Waals surface area contributed by atoms with Gasteiger partial charge in [-0.25, -0.2) is 4.79 Å². The molecule has 0 saturated carbocycles. The van der Waals surface area contributed by atoms with Crippen molar-refractivity contribution < 1.29 is 19.1 Å². The number of hydrogen-bond acceptors (Lipinski definition) is 5. The summed E-state index contributed by atoms with van der Waals surface area (Å²) in [6.45, 7) is 2.30. The number of nitrogens with zero attached hydrogens (tertiary/aromatic N) is 2. The van der Waals surface area contributed by atoms with Gasteiger partial charge in [0.15, 0.2) is 0 Å². The maximum atomic E-state index is 13.4. The second kappa shape index (κ2) is 10.8. The van der Waals surface area contributed by atoms with Gasteiger partial charge in [-0.05, 0) is 67.4 Å². The molecule has 0 unspecified atom stereocenters. The van der Waals surface area contributed by atoms with Crippen LogP contribution in [-0.2, 0) is 22.4 Å². The lowest BCUT2D eigenvalue weighted by molar-refractivity contribution is -0.119. The second-order valence-corrected chi connectivity index (χ2v) is 9.73. The highest BCUT2D eigenvalue weighted by Gasteiger charge is 2.40. The van der Waals surface area contributed by atoms with Crippen LogP contribution in [-0.4, -0.2) is 74.8 Å². The van der Waals surface area contributed by atoms with E-state index in [-0.39, 0.29) is 18.0 Å². The summed E-state index contributed by atoms with van der Waals surface area (Å²) >= 11 is 3.39. The van der Waals surface area contributed by atoms with Crippen LogP contribution in [0.1, 0.15) is 17.5 Å². The van der Waals surface area contributed by atoms with Gasteiger partial charge in [0.05, 0.1) is 18.9 Å². The van der Waals surface area contributed by atoms with Crippen molar-refractivity contribution in [2.24, 2.45) is 0 Å². The Morgan fingerprint density at radius 3 is 2.35 bits per heavy atom. The summed E-state index contributed by atoms with van der Waals surface area (Å²) in [6.07, 6.45) is 2.07. The van der Waals surface area contributed by atoms with Gasteiger partial charge >= 0.3 is 6.03 Å². The zero-order valence-corrected chi connectivity index (χ0v) is 21.4.